The molecule has 0 unspecified atom stereocenters. The number of rotatable bonds is 6. The smallest absolute Gasteiger partial charge is 0.392 e. The van der Waals surface area contributed by atoms with E-state index in [1.165, 1.54) is 25.3 Å². The fourth-order valence-electron chi connectivity index (χ4n) is 1.41. The molecular formula is C13H13F3O4. The summed E-state index contributed by atoms with van der Waals surface area (Å²) in [5.41, 5.74) is 0.328. The van der Waals surface area contributed by atoms with Crippen molar-refractivity contribution in [3.63, 3.8) is 0 Å². The van der Waals surface area contributed by atoms with Crippen molar-refractivity contribution in [1.29, 1.82) is 0 Å². The van der Waals surface area contributed by atoms with Crippen LogP contribution < -0.4 is 9.47 Å². The van der Waals surface area contributed by atoms with Gasteiger partial charge in [0.2, 0.25) is 0 Å². The highest BCUT2D eigenvalue weighted by atomic mass is 19.4. The summed E-state index contributed by atoms with van der Waals surface area (Å²) in [6.45, 7) is -0.572. The zero-order valence-electron chi connectivity index (χ0n) is 10.6. The Morgan fingerprint density at radius 3 is 2.65 bits per heavy atom. The van der Waals surface area contributed by atoms with Crippen LogP contribution in [0.5, 0.6) is 11.5 Å². The van der Waals surface area contributed by atoms with Gasteiger partial charge in [0.15, 0.2) is 11.5 Å². The molecule has 1 aromatic rings. The van der Waals surface area contributed by atoms with Crippen molar-refractivity contribution in [2.24, 2.45) is 0 Å². The maximum Gasteiger partial charge on any atom is 0.392 e. The van der Waals surface area contributed by atoms with Crippen LogP contribution in [0.3, 0.4) is 0 Å². The molecule has 0 aliphatic carbocycles. The van der Waals surface area contributed by atoms with Gasteiger partial charge in [0, 0.05) is 11.6 Å². The fourth-order valence-corrected chi connectivity index (χ4v) is 1.41. The SMILES string of the molecule is COc1cccc(C=CC(=O)O)c1OCCC(F)(F)F. The molecule has 20 heavy (non-hydrogen) atoms. The number of carboxylic acids is 1. The van der Waals surface area contributed by atoms with Gasteiger partial charge in [-0.3, -0.25) is 0 Å². The second-order valence-corrected chi connectivity index (χ2v) is 3.76. The monoisotopic (exact) mass is 290 g/mol. The topological polar surface area (TPSA) is 55.8 Å². The Morgan fingerprint density at radius 2 is 2.10 bits per heavy atom. The molecule has 0 aliphatic rings. The van der Waals surface area contributed by atoms with Gasteiger partial charge in [-0.15, -0.1) is 0 Å². The Bertz CT molecular complexity index is 495. The number of carbonyl (C=O) groups is 1. The third kappa shape index (κ3) is 5.21. The van der Waals surface area contributed by atoms with E-state index >= 15 is 0 Å². The van der Waals surface area contributed by atoms with E-state index in [0.29, 0.717) is 5.56 Å². The van der Waals surface area contributed by atoms with Crippen molar-refractivity contribution in [2.45, 2.75) is 12.6 Å². The summed E-state index contributed by atoms with van der Waals surface area (Å²) in [6, 6.07) is 4.61. The predicted molar refractivity (Wildman–Crippen MR) is 65.8 cm³/mol. The minimum Gasteiger partial charge on any atom is -0.493 e. The first-order valence-electron chi connectivity index (χ1n) is 5.61. The average Bonchev–Trinajstić information content (AvgIpc) is 2.35. The van der Waals surface area contributed by atoms with E-state index in [1.54, 1.807) is 6.07 Å². The molecule has 0 fully saturated rings. The second-order valence-electron chi connectivity index (χ2n) is 3.76. The molecule has 0 amide bonds. The van der Waals surface area contributed by atoms with E-state index < -0.39 is 25.2 Å². The zero-order chi connectivity index (χ0) is 15.2. The fraction of sp³-hybridized carbons (Fsp3) is 0.308. The first kappa shape index (κ1) is 15.9. The average molecular weight is 290 g/mol. The molecule has 0 saturated heterocycles. The highest BCUT2D eigenvalue weighted by molar-refractivity contribution is 5.86. The number of alkyl halides is 3. The maximum absolute atomic E-state index is 12.1. The van der Waals surface area contributed by atoms with Crippen molar-refractivity contribution in [3.8, 4) is 11.5 Å². The van der Waals surface area contributed by atoms with E-state index in [0.717, 1.165) is 6.08 Å². The molecule has 0 atom stereocenters. The predicted octanol–water partition coefficient (Wildman–Crippen LogP) is 3.12. The van der Waals surface area contributed by atoms with Crippen LogP contribution in [0.2, 0.25) is 0 Å². The van der Waals surface area contributed by atoms with Crippen LogP contribution in [-0.2, 0) is 4.79 Å². The summed E-state index contributed by atoms with van der Waals surface area (Å²) >= 11 is 0. The molecule has 0 saturated carbocycles. The Balaban J connectivity index is 2.92. The van der Waals surface area contributed by atoms with Crippen LogP contribution in [0.25, 0.3) is 6.08 Å². The largest absolute Gasteiger partial charge is 0.493 e. The molecule has 1 rings (SSSR count). The van der Waals surface area contributed by atoms with Gasteiger partial charge in [-0.2, -0.15) is 13.2 Å². The summed E-state index contributed by atoms with van der Waals surface area (Å²) in [7, 11) is 1.34. The lowest BCUT2D eigenvalue weighted by atomic mass is 10.1. The van der Waals surface area contributed by atoms with E-state index in [1.807, 2.05) is 0 Å². The summed E-state index contributed by atoms with van der Waals surface area (Å²) in [6.07, 6.45) is -3.33. The molecule has 0 bridgehead atoms. The van der Waals surface area contributed by atoms with E-state index in [2.05, 4.69) is 0 Å². The number of ether oxygens (including phenoxy) is 2. The van der Waals surface area contributed by atoms with Gasteiger partial charge in [-0.1, -0.05) is 12.1 Å². The molecule has 0 heterocycles. The van der Waals surface area contributed by atoms with Gasteiger partial charge in [0.1, 0.15) is 0 Å². The molecule has 110 valence electrons. The number of benzene rings is 1. The first-order valence-corrected chi connectivity index (χ1v) is 5.61. The Kier molecular flexibility index (Phi) is 5.42. The normalized spacial score (nSPS) is 11.6. The standard InChI is InChI=1S/C13H13F3O4/c1-19-10-4-2-3-9(5-6-11(17)18)12(10)20-8-7-13(14,15)16/h2-6H,7-8H2,1H3,(H,17,18). The number of para-hydroxylation sites is 1. The van der Waals surface area contributed by atoms with E-state index in [9.17, 15) is 18.0 Å². The Hall–Kier alpha value is -2.18. The molecule has 1 aromatic carbocycles. The highest BCUT2D eigenvalue weighted by Crippen LogP contribution is 2.32. The van der Waals surface area contributed by atoms with Crippen LogP contribution in [-0.4, -0.2) is 31.0 Å². The van der Waals surface area contributed by atoms with E-state index in [-0.39, 0.29) is 11.5 Å². The third-order valence-electron chi connectivity index (χ3n) is 2.27. The van der Waals surface area contributed by atoms with Crippen molar-refractivity contribution >= 4 is 12.0 Å². The van der Waals surface area contributed by atoms with Crippen LogP contribution in [0.4, 0.5) is 13.2 Å². The van der Waals surface area contributed by atoms with Gasteiger partial charge < -0.3 is 14.6 Å². The number of aliphatic carboxylic acids is 1. The van der Waals surface area contributed by atoms with Gasteiger partial charge >= 0.3 is 12.1 Å². The molecule has 0 aliphatic heterocycles. The van der Waals surface area contributed by atoms with Crippen LogP contribution in [0, 0.1) is 0 Å². The lowest BCUT2D eigenvalue weighted by molar-refractivity contribution is -0.139. The summed E-state index contributed by atoms with van der Waals surface area (Å²) < 4.78 is 46.3. The maximum atomic E-state index is 12.1. The number of hydrogen-bond acceptors (Lipinski definition) is 3. The van der Waals surface area contributed by atoms with Crippen molar-refractivity contribution < 1.29 is 32.5 Å². The summed E-state index contributed by atoms with van der Waals surface area (Å²) in [5.74, 6) is -0.856. The minimum absolute atomic E-state index is 0.0803. The van der Waals surface area contributed by atoms with Crippen molar-refractivity contribution in [3.05, 3.63) is 29.8 Å². The molecule has 7 heteroatoms. The van der Waals surface area contributed by atoms with Crippen LogP contribution in [0.15, 0.2) is 24.3 Å². The van der Waals surface area contributed by atoms with Crippen LogP contribution >= 0.6 is 0 Å². The lowest BCUT2D eigenvalue weighted by Crippen LogP contribution is -2.13. The van der Waals surface area contributed by atoms with Crippen molar-refractivity contribution in [2.75, 3.05) is 13.7 Å². The van der Waals surface area contributed by atoms with E-state index in [4.69, 9.17) is 14.6 Å². The minimum atomic E-state index is -4.32. The Morgan fingerprint density at radius 1 is 1.40 bits per heavy atom. The first-order chi connectivity index (χ1) is 9.33. The van der Waals surface area contributed by atoms with Gasteiger partial charge in [-0.05, 0) is 12.1 Å². The van der Waals surface area contributed by atoms with Crippen LogP contribution in [0.1, 0.15) is 12.0 Å². The summed E-state index contributed by atoms with van der Waals surface area (Å²) in [4.78, 5) is 10.5. The van der Waals surface area contributed by atoms with Gasteiger partial charge in [0.05, 0.1) is 20.1 Å². The number of methoxy groups -OCH3 is 1. The number of halogens is 3. The van der Waals surface area contributed by atoms with Gasteiger partial charge in [0.25, 0.3) is 0 Å². The highest BCUT2D eigenvalue weighted by Gasteiger charge is 2.27. The molecule has 1 N–H and O–H groups in total. The number of hydrogen-bond donors (Lipinski definition) is 1. The summed E-state index contributed by atoms with van der Waals surface area (Å²) in [5, 5.41) is 8.57. The second kappa shape index (κ2) is 6.83. The quantitative estimate of drug-likeness (QED) is 0.818. The zero-order valence-corrected chi connectivity index (χ0v) is 10.6. The van der Waals surface area contributed by atoms with Crippen molar-refractivity contribution in [1.82, 2.24) is 0 Å². The molecule has 0 spiro atoms. The number of carboxylic acid groups (broad SMARTS) is 1. The molecule has 0 radical (unpaired) electrons. The molecular weight excluding hydrogens is 277 g/mol. The molecule has 0 aromatic heterocycles. The molecule has 4 nitrogen and oxygen atoms in total. The van der Waals surface area contributed by atoms with Gasteiger partial charge in [-0.25, -0.2) is 4.79 Å². The third-order valence-corrected chi connectivity index (χ3v) is 2.27. The Labute approximate surface area is 113 Å². The lowest BCUT2D eigenvalue weighted by Gasteiger charge is -2.14.